The Morgan fingerprint density at radius 1 is 0.960 bits per heavy atom. The zero-order valence-corrected chi connectivity index (χ0v) is 14.0. The summed E-state index contributed by atoms with van der Waals surface area (Å²) in [6.45, 7) is 0.388. The number of amidine groups is 1. The van der Waals surface area contributed by atoms with Gasteiger partial charge in [0.05, 0.1) is 6.54 Å². The molecule has 1 fully saturated rings. The molecule has 0 atom stereocenters. The second-order valence-electron chi connectivity index (χ2n) is 6.75. The van der Waals surface area contributed by atoms with Crippen LogP contribution >= 0.6 is 0 Å². The highest BCUT2D eigenvalue weighted by atomic mass is 16.2. The van der Waals surface area contributed by atoms with Crippen molar-refractivity contribution in [2.75, 3.05) is 0 Å². The SMILES string of the molecule is O=C(C1=NC2(CCCC2)C(=O)N1Cc1ccccc1)c1ccccc1. The summed E-state index contributed by atoms with van der Waals surface area (Å²) in [6.07, 6.45) is 3.45. The second kappa shape index (κ2) is 6.28. The van der Waals surface area contributed by atoms with Crippen LogP contribution in [0.25, 0.3) is 0 Å². The van der Waals surface area contributed by atoms with Crippen molar-refractivity contribution >= 4 is 17.5 Å². The Labute approximate surface area is 147 Å². The average molecular weight is 332 g/mol. The molecule has 0 aromatic heterocycles. The summed E-state index contributed by atoms with van der Waals surface area (Å²) in [5.74, 6) is 0.101. The maximum atomic E-state index is 13.1. The van der Waals surface area contributed by atoms with Crippen LogP contribution in [-0.4, -0.2) is 28.0 Å². The molecule has 0 bridgehead atoms. The smallest absolute Gasteiger partial charge is 0.256 e. The minimum Gasteiger partial charge on any atom is -0.287 e. The zero-order chi connectivity index (χ0) is 17.3. The number of carbonyl (C=O) groups excluding carboxylic acids is 2. The Morgan fingerprint density at radius 3 is 2.20 bits per heavy atom. The standard InChI is InChI=1S/C21H20N2O2/c24-18(17-11-5-2-6-12-17)19-22-21(13-7-8-14-21)20(25)23(19)15-16-9-3-1-4-10-16/h1-6,9-12H,7-8,13-15H2. The van der Waals surface area contributed by atoms with Gasteiger partial charge in [-0.1, -0.05) is 73.5 Å². The van der Waals surface area contributed by atoms with Gasteiger partial charge in [-0.2, -0.15) is 0 Å². The zero-order valence-electron chi connectivity index (χ0n) is 14.0. The highest BCUT2D eigenvalue weighted by molar-refractivity contribution is 6.48. The molecule has 0 N–H and O–H groups in total. The Bertz CT molecular complexity index is 821. The summed E-state index contributed by atoms with van der Waals surface area (Å²) in [4.78, 5) is 32.4. The third-order valence-electron chi connectivity index (χ3n) is 5.07. The number of hydrogen-bond acceptors (Lipinski definition) is 3. The van der Waals surface area contributed by atoms with Crippen LogP contribution in [0.15, 0.2) is 65.7 Å². The fraction of sp³-hybridized carbons (Fsp3) is 0.286. The number of benzene rings is 2. The maximum absolute atomic E-state index is 13.1. The highest BCUT2D eigenvalue weighted by Crippen LogP contribution is 2.39. The van der Waals surface area contributed by atoms with Crippen molar-refractivity contribution in [2.45, 2.75) is 37.8 Å². The molecule has 2 aromatic rings. The van der Waals surface area contributed by atoms with Gasteiger partial charge in [-0.25, -0.2) is 4.99 Å². The van der Waals surface area contributed by atoms with Crippen LogP contribution in [0.2, 0.25) is 0 Å². The first-order chi connectivity index (χ1) is 12.2. The van der Waals surface area contributed by atoms with Crippen molar-refractivity contribution < 1.29 is 9.59 Å². The van der Waals surface area contributed by atoms with Crippen molar-refractivity contribution in [3.8, 4) is 0 Å². The van der Waals surface area contributed by atoms with Crippen LogP contribution in [-0.2, 0) is 11.3 Å². The Hall–Kier alpha value is -2.75. The first-order valence-corrected chi connectivity index (χ1v) is 8.75. The van der Waals surface area contributed by atoms with Gasteiger partial charge in [0.2, 0.25) is 5.78 Å². The molecule has 1 aliphatic carbocycles. The van der Waals surface area contributed by atoms with Crippen LogP contribution in [0.3, 0.4) is 0 Å². The summed E-state index contributed by atoms with van der Waals surface area (Å²) < 4.78 is 0. The van der Waals surface area contributed by atoms with Crippen LogP contribution < -0.4 is 0 Å². The lowest BCUT2D eigenvalue weighted by Gasteiger charge is -2.22. The molecule has 2 aliphatic rings. The highest BCUT2D eigenvalue weighted by Gasteiger charge is 2.51. The molecule has 4 heteroatoms. The average Bonchev–Trinajstić information content (AvgIpc) is 3.24. The number of aliphatic imine (C=N–C) groups is 1. The molecule has 2 aromatic carbocycles. The van der Waals surface area contributed by atoms with Gasteiger partial charge < -0.3 is 0 Å². The van der Waals surface area contributed by atoms with Crippen molar-refractivity contribution in [3.05, 3.63) is 71.8 Å². The fourth-order valence-electron chi connectivity index (χ4n) is 3.75. The van der Waals surface area contributed by atoms with E-state index in [0.29, 0.717) is 17.9 Å². The molecular formula is C21H20N2O2. The van der Waals surface area contributed by atoms with Crippen molar-refractivity contribution in [1.29, 1.82) is 0 Å². The number of ketones is 1. The lowest BCUT2D eigenvalue weighted by atomic mass is 9.98. The molecule has 0 saturated heterocycles. The van der Waals surface area contributed by atoms with Crippen molar-refractivity contribution in [3.63, 3.8) is 0 Å². The Balaban J connectivity index is 1.71. The minimum atomic E-state index is -0.714. The molecular weight excluding hydrogens is 312 g/mol. The second-order valence-corrected chi connectivity index (χ2v) is 6.75. The van der Waals surface area contributed by atoms with Crippen LogP contribution in [0.5, 0.6) is 0 Å². The molecule has 25 heavy (non-hydrogen) atoms. The van der Waals surface area contributed by atoms with E-state index in [0.717, 1.165) is 31.2 Å². The first kappa shape index (κ1) is 15.8. The largest absolute Gasteiger partial charge is 0.287 e. The molecule has 4 nitrogen and oxygen atoms in total. The van der Waals surface area contributed by atoms with E-state index in [4.69, 9.17) is 4.99 Å². The Morgan fingerprint density at radius 2 is 1.56 bits per heavy atom. The van der Waals surface area contributed by atoms with Gasteiger partial charge in [0.25, 0.3) is 5.91 Å². The van der Waals surface area contributed by atoms with E-state index >= 15 is 0 Å². The molecule has 1 amide bonds. The molecule has 1 spiro atoms. The van der Waals surface area contributed by atoms with Gasteiger partial charge in [-0.3, -0.25) is 14.5 Å². The van der Waals surface area contributed by atoms with Gasteiger partial charge >= 0.3 is 0 Å². The number of Topliss-reactive ketones (excluding diaryl/α,β-unsaturated/α-hetero) is 1. The number of amides is 1. The minimum absolute atomic E-state index is 0.0202. The lowest BCUT2D eigenvalue weighted by molar-refractivity contribution is -0.131. The van der Waals surface area contributed by atoms with E-state index < -0.39 is 5.54 Å². The van der Waals surface area contributed by atoms with Gasteiger partial charge in [0, 0.05) is 5.56 Å². The molecule has 1 heterocycles. The van der Waals surface area contributed by atoms with Crippen molar-refractivity contribution in [1.82, 2.24) is 4.90 Å². The fourth-order valence-corrected chi connectivity index (χ4v) is 3.75. The van der Waals surface area contributed by atoms with Crippen LogP contribution in [0.4, 0.5) is 0 Å². The number of rotatable bonds is 4. The molecule has 1 aliphatic heterocycles. The molecule has 0 radical (unpaired) electrons. The molecule has 4 rings (SSSR count). The maximum Gasteiger partial charge on any atom is 0.256 e. The first-order valence-electron chi connectivity index (χ1n) is 8.75. The summed E-state index contributed by atoms with van der Waals surface area (Å²) in [7, 11) is 0. The van der Waals surface area contributed by atoms with Gasteiger partial charge in [0.1, 0.15) is 5.54 Å². The summed E-state index contributed by atoms with van der Waals surface area (Å²) >= 11 is 0. The summed E-state index contributed by atoms with van der Waals surface area (Å²) in [5, 5.41) is 0. The number of nitrogens with zero attached hydrogens (tertiary/aromatic N) is 2. The van der Waals surface area contributed by atoms with Crippen LogP contribution in [0, 0.1) is 0 Å². The third-order valence-corrected chi connectivity index (χ3v) is 5.07. The normalized spacial score (nSPS) is 18.6. The van der Waals surface area contributed by atoms with E-state index in [1.165, 1.54) is 0 Å². The lowest BCUT2D eigenvalue weighted by Crippen LogP contribution is -2.42. The van der Waals surface area contributed by atoms with E-state index in [9.17, 15) is 9.59 Å². The summed E-state index contributed by atoms with van der Waals surface area (Å²) in [6, 6.07) is 18.8. The van der Waals surface area contributed by atoms with E-state index in [1.807, 2.05) is 48.5 Å². The summed E-state index contributed by atoms with van der Waals surface area (Å²) in [5.41, 5.74) is 0.857. The quantitative estimate of drug-likeness (QED) is 0.803. The van der Waals surface area contributed by atoms with E-state index in [-0.39, 0.29) is 11.7 Å². The predicted molar refractivity (Wildman–Crippen MR) is 96.4 cm³/mol. The topological polar surface area (TPSA) is 49.7 Å². The number of hydrogen-bond donors (Lipinski definition) is 0. The number of carbonyl (C=O) groups is 2. The third kappa shape index (κ3) is 2.78. The molecule has 1 saturated carbocycles. The van der Waals surface area contributed by atoms with Crippen LogP contribution in [0.1, 0.15) is 41.6 Å². The van der Waals surface area contributed by atoms with E-state index in [1.54, 1.807) is 17.0 Å². The predicted octanol–water partition coefficient (Wildman–Crippen LogP) is 3.62. The molecule has 0 unspecified atom stereocenters. The van der Waals surface area contributed by atoms with Crippen molar-refractivity contribution in [2.24, 2.45) is 4.99 Å². The van der Waals surface area contributed by atoms with Gasteiger partial charge in [-0.05, 0) is 18.4 Å². The Kier molecular flexibility index (Phi) is 3.96. The molecule has 126 valence electrons. The monoisotopic (exact) mass is 332 g/mol. The van der Waals surface area contributed by atoms with Gasteiger partial charge in [0.15, 0.2) is 5.84 Å². The van der Waals surface area contributed by atoms with E-state index in [2.05, 4.69) is 0 Å². The van der Waals surface area contributed by atoms with Gasteiger partial charge in [-0.15, -0.1) is 0 Å².